The van der Waals surface area contributed by atoms with E-state index < -0.39 is 0 Å². The average molecular weight is 482 g/mol. The van der Waals surface area contributed by atoms with E-state index in [2.05, 4.69) is 58.9 Å². The third-order valence-electron chi connectivity index (χ3n) is 7.03. The number of hydrogen-bond acceptors (Lipinski definition) is 4. The number of pyridine rings is 2. The highest BCUT2D eigenvalue weighted by atomic mass is 16.5. The Labute approximate surface area is 213 Å². The summed E-state index contributed by atoms with van der Waals surface area (Å²) in [4.78, 5) is 9.43. The summed E-state index contributed by atoms with van der Waals surface area (Å²) in [5, 5.41) is 15.8. The molecule has 0 aliphatic carbocycles. The smallest absolute Gasteiger partial charge is 0.220 e. The molecule has 0 atom stereocenters. The van der Waals surface area contributed by atoms with Crippen LogP contribution in [0.2, 0.25) is 0 Å². The number of fused-ring (bicyclic) bond motifs is 5. The molecule has 5 heteroatoms. The van der Waals surface area contributed by atoms with E-state index in [0.29, 0.717) is 17.1 Å². The van der Waals surface area contributed by atoms with Gasteiger partial charge in [-0.05, 0) is 54.6 Å². The van der Waals surface area contributed by atoms with Crippen molar-refractivity contribution < 1.29 is 9.84 Å². The molecule has 0 radical (unpaired) electrons. The number of aromatic nitrogens is 3. The van der Waals surface area contributed by atoms with Crippen molar-refractivity contribution in [2.75, 3.05) is 0 Å². The molecule has 5 nitrogen and oxygen atoms in total. The Balaban J connectivity index is 1.43. The van der Waals surface area contributed by atoms with E-state index in [4.69, 9.17) is 9.72 Å². The Bertz CT molecular complexity index is 2010. The molecule has 0 fully saturated rings. The lowest BCUT2D eigenvalue weighted by atomic mass is 10.1. The van der Waals surface area contributed by atoms with E-state index in [9.17, 15) is 5.11 Å². The molecule has 0 unspecified atom stereocenters. The van der Waals surface area contributed by atoms with Gasteiger partial charge in [-0.2, -0.15) is 0 Å². The molecule has 178 valence electrons. The number of para-hydroxylation sites is 2. The third-order valence-corrected chi connectivity index (χ3v) is 7.03. The lowest BCUT2D eigenvalue weighted by Gasteiger charge is -2.11. The third kappa shape index (κ3) is 3.39. The lowest BCUT2D eigenvalue weighted by Crippen LogP contribution is -1.98. The van der Waals surface area contributed by atoms with E-state index >= 15 is 0 Å². The molecule has 0 aliphatic heterocycles. The Kier molecular flexibility index (Phi) is 4.66. The van der Waals surface area contributed by atoms with Crippen LogP contribution in [-0.2, 0) is 0 Å². The fraction of sp³-hybridized carbons (Fsp3) is 0.0625. The quantitative estimate of drug-likeness (QED) is 0.278. The van der Waals surface area contributed by atoms with E-state index in [0.717, 1.165) is 44.0 Å². The average Bonchev–Trinajstić information content (AvgIpc) is 3.24. The molecule has 1 N–H and O–H groups in total. The first-order valence-electron chi connectivity index (χ1n) is 12.2. The van der Waals surface area contributed by atoms with Crippen molar-refractivity contribution in [1.29, 1.82) is 0 Å². The SMILES string of the molecule is Cc1cc(Oc2ccc3c4cccc(C)c4n(-c4cc5ccccc5cn4)c3c2)nc2c(O)cccc12. The maximum absolute atomic E-state index is 10.3. The molecule has 0 amide bonds. The zero-order valence-electron chi connectivity index (χ0n) is 20.4. The Morgan fingerprint density at radius 3 is 2.43 bits per heavy atom. The second kappa shape index (κ2) is 8.07. The van der Waals surface area contributed by atoms with Crippen LogP contribution in [0, 0.1) is 13.8 Å². The van der Waals surface area contributed by atoms with Crippen molar-refractivity contribution in [3.8, 4) is 23.2 Å². The molecule has 0 saturated heterocycles. The lowest BCUT2D eigenvalue weighted by molar-refractivity contribution is 0.460. The number of rotatable bonds is 3. The molecule has 3 heterocycles. The number of ether oxygens (including phenoxy) is 1. The number of nitrogens with zero attached hydrogens (tertiary/aromatic N) is 3. The number of phenolic OH excluding ortho intramolecular Hbond substituents is 1. The molecule has 7 aromatic rings. The monoisotopic (exact) mass is 481 g/mol. The Morgan fingerprint density at radius 1 is 0.730 bits per heavy atom. The zero-order chi connectivity index (χ0) is 25.1. The van der Waals surface area contributed by atoms with Crippen LogP contribution < -0.4 is 4.74 Å². The summed E-state index contributed by atoms with van der Waals surface area (Å²) < 4.78 is 8.47. The molecule has 4 aromatic carbocycles. The zero-order valence-corrected chi connectivity index (χ0v) is 20.4. The van der Waals surface area contributed by atoms with Gasteiger partial charge in [0.1, 0.15) is 22.8 Å². The van der Waals surface area contributed by atoms with Crippen LogP contribution in [0.4, 0.5) is 0 Å². The minimum atomic E-state index is 0.138. The summed E-state index contributed by atoms with van der Waals surface area (Å²) in [6, 6.07) is 30.2. The van der Waals surface area contributed by atoms with Crippen LogP contribution in [0.15, 0.2) is 97.2 Å². The maximum atomic E-state index is 10.3. The van der Waals surface area contributed by atoms with Crippen LogP contribution in [0.5, 0.6) is 17.4 Å². The number of aromatic hydroxyl groups is 1. The number of benzene rings is 4. The Morgan fingerprint density at radius 2 is 1.54 bits per heavy atom. The van der Waals surface area contributed by atoms with Gasteiger partial charge in [0.05, 0.1) is 11.0 Å². The molecule has 0 bridgehead atoms. The van der Waals surface area contributed by atoms with Gasteiger partial charge in [0, 0.05) is 39.9 Å². The predicted molar refractivity (Wildman–Crippen MR) is 149 cm³/mol. The van der Waals surface area contributed by atoms with Gasteiger partial charge in [0.25, 0.3) is 0 Å². The summed E-state index contributed by atoms with van der Waals surface area (Å²) in [5.41, 5.74) is 4.83. The fourth-order valence-corrected chi connectivity index (χ4v) is 5.26. The van der Waals surface area contributed by atoms with Gasteiger partial charge in [-0.25, -0.2) is 9.97 Å². The molecular formula is C32H23N3O2. The summed E-state index contributed by atoms with van der Waals surface area (Å²) in [5.74, 6) is 2.10. The van der Waals surface area contributed by atoms with Crippen molar-refractivity contribution in [2.45, 2.75) is 13.8 Å². The minimum absolute atomic E-state index is 0.138. The van der Waals surface area contributed by atoms with E-state index in [1.807, 2.05) is 55.6 Å². The van der Waals surface area contributed by atoms with Crippen LogP contribution in [0.1, 0.15) is 11.1 Å². The highest BCUT2D eigenvalue weighted by Gasteiger charge is 2.17. The predicted octanol–water partition coefficient (Wildman–Crippen LogP) is 7.99. The molecule has 37 heavy (non-hydrogen) atoms. The van der Waals surface area contributed by atoms with Gasteiger partial charge in [-0.3, -0.25) is 4.57 Å². The van der Waals surface area contributed by atoms with Crippen molar-refractivity contribution >= 4 is 43.5 Å². The normalized spacial score (nSPS) is 11.6. The highest BCUT2D eigenvalue weighted by molar-refractivity contribution is 6.10. The molecule has 0 aliphatic rings. The standard InChI is InChI=1S/C32H23N3O2/c1-19-7-5-11-26-25-14-13-23(37-30-15-20(2)24-10-6-12-28(36)31(24)34-30)17-27(25)35(32(19)26)29-16-21-8-3-4-9-22(21)18-33-29/h3-18,36H,1-2H3. The van der Waals surface area contributed by atoms with Crippen molar-refractivity contribution in [1.82, 2.24) is 14.5 Å². The first-order valence-corrected chi connectivity index (χ1v) is 12.2. The van der Waals surface area contributed by atoms with Crippen LogP contribution >= 0.6 is 0 Å². The summed E-state index contributed by atoms with van der Waals surface area (Å²) in [6.45, 7) is 4.12. The van der Waals surface area contributed by atoms with E-state index in [1.165, 1.54) is 10.9 Å². The molecule has 3 aromatic heterocycles. The molecular weight excluding hydrogens is 458 g/mol. The number of phenols is 1. The van der Waals surface area contributed by atoms with Crippen molar-refractivity contribution in [2.24, 2.45) is 0 Å². The van der Waals surface area contributed by atoms with Gasteiger partial charge in [-0.1, -0.05) is 54.6 Å². The molecule has 0 saturated carbocycles. The van der Waals surface area contributed by atoms with Gasteiger partial charge >= 0.3 is 0 Å². The maximum Gasteiger partial charge on any atom is 0.220 e. The second-order valence-corrected chi connectivity index (χ2v) is 9.43. The molecule has 0 spiro atoms. The summed E-state index contributed by atoms with van der Waals surface area (Å²) in [6.07, 6.45) is 1.93. The first-order chi connectivity index (χ1) is 18.1. The van der Waals surface area contributed by atoms with Crippen LogP contribution in [0.25, 0.3) is 49.3 Å². The molecule has 7 rings (SSSR count). The van der Waals surface area contributed by atoms with Gasteiger partial charge in [-0.15, -0.1) is 0 Å². The van der Waals surface area contributed by atoms with E-state index in [-0.39, 0.29) is 5.75 Å². The topological polar surface area (TPSA) is 60.2 Å². The summed E-state index contributed by atoms with van der Waals surface area (Å²) >= 11 is 0. The Hall–Kier alpha value is -4.90. The van der Waals surface area contributed by atoms with Crippen LogP contribution in [0.3, 0.4) is 0 Å². The fourth-order valence-electron chi connectivity index (χ4n) is 5.26. The number of aryl methyl sites for hydroxylation is 2. The van der Waals surface area contributed by atoms with Gasteiger partial charge < -0.3 is 9.84 Å². The van der Waals surface area contributed by atoms with Crippen molar-refractivity contribution in [3.05, 3.63) is 108 Å². The second-order valence-electron chi connectivity index (χ2n) is 9.43. The highest BCUT2D eigenvalue weighted by Crippen LogP contribution is 2.37. The summed E-state index contributed by atoms with van der Waals surface area (Å²) in [7, 11) is 0. The first kappa shape index (κ1) is 21.4. The largest absolute Gasteiger partial charge is 0.506 e. The number of hydrogen-bond donors (Lipinski definition) is 1. The van der Waals surface area contributed by atoms with Gasteiger partial charge in [0.15, 0.2) is 0 Å². The minimum Gasteiger partial charge on any atom is -0.506 e. The van der Waals surface area contributed by atoms with Crippen LogP contribution in [-0.4, -0.2) is 19.6 Å². The van der Waals surface area contributed by atoms with Crippen molar-refractivity contribution in [3.63, 3.8) is 0 Å². The van der Waals surface area contributed by atoms with Gasteiger partial charge in [0.2, 0.25) is 5.88 Å². The van der Waals surface area contributed by atoms with E-state index in [1.54, 1.807) is 6.07 Å².